The normalized spacial score (nSPS) is 19.5. The SMILES string of the molecule is CC1COc2ccc(C=O)cc2NC1=O. The summed E-state index contributed by atoms with van der Waals surface area (Å²) in [5.74, 6) is 0.340. The standard InChI is InChI=1S/C11H11NO3/c1-7-6-15-10-3-2-8(5-13)4-9(10)12-11(7)14/h2-5,7H,6H2,1H3,(H,12,14). The molecule has 1 heterocycles. The maximum Gasteiger partial charge on any atom is 0.230 e. The fourth-order valence-electron chi connectivity index (χ4n) is 1.39. The van der Waals surface area contributed by atoms with E-state index >= 15 is 0 Å². The first-order valence-corrected chi connectivity index (χ1v) is 4.73. The van der Waals surface area contributed by atoms with E-state index < -0.39 is 0 Å². The van der Waals surface area contributed by atoms with Gasteiger partial charge in [-0.3, -0.25) is 9.59 Å². The average molecular weight is 205 g/mol. The van der Waals surface area contributed by atoms with Gasteiger partial charge in [0.1, 0.15) is 12.0 Å². The van der Waals surface area contributed by atoms with Crippen molar-refractivity contribution in [2.75, 3.05) is 11.9 Å². The number of carbonyl (C=O) groups is 2. The fraction of sp³-hybridized carbons (Fsp3) is 0.273. The van der Waals surface area contributed by atoms with E-state index in [0.717, 1.165) is 6.29 Å². The van der Waals surface area contributed by atoms with Crippen LogP contribution in [0.25, 0.3) is 0 Å². The molecule has 0 spiro atoms. The Kier molecular flexibility index (Phi) is 2.41. The van der Waals surface area contributed by atoms with Crippen LogP contribution in [0.1, 0.15) is 17.3 Å². The highest BCUT2D eigenvalue weighted by atomic mass is 16.5. The van der Waals surface area contributed by atoms with Gasteiger partial charge in [0.25, 0.3) is 0 Å². The van der Waals surface area contributed by atoms with Crippen LogP contribution < -0.4 is 10.1 Å². The molecule has 1 aliphatic heterocycles. The number of aldehydes is 1. The minimum Gasteiger partial charge on any atom is -0.491 e. The second-order valence-electron chi connectivity index (χ2n) is 3.57. The molecule has 1 atom stereocenters. The Bertz CT molecular complexity index is 414. The van der Waals surface area contributed by atoms with Crippen molar-refractivity contribution in [1.29, 1.82) is 0 Å². The number of nitrogens with one attached hydrogen (secondary N) is 1. The fourth-order valence-corrected chi connectivity index (χ4v) is 1.39. The Hall–Kier alpha value is -1.84. The second-order valence-corrected chi connectivity index (χ2v) is 3.57. The van der Waals surface area contributed by atoms with Crippen molar-refractivity contribution in [2.24, 2.45) is 5.92 Å². The van der Waals surface area contributed by atoms with Gasteiger partial charge in [-0.05, 0) is 18.2 Å². The molecule has 1 aromatic rings. The minimum absolute atomic E-state index is 0.0863. The van der Waals surface area contributed by atoms with Crippen molar-refractivity contribution in [2.45, 2.75) is 6.92 Å². The highest BCUT2D eigenvalue weighted by Crippen LogP contribution is 2.28. The summed E-state index contributed by atoms with van der Waals surface area (Å²) >= 11 is 0. The average Bonchev–Trinajstić information content (AvgIpc) is 2.39. The van der Waals surface area contributed by atoms with Crippen LogP contribution in [0.5, 0.6) is 5.75 Å². The van der Waals surface area contributed by atoms with Gasteiger partial charge in [0, 0.05) is 5.56 Å². The molecule has 0 saturated heterocycles. The van der Waals surface area contributed by atoms with Crippen molar-refractivity contribution in [3.63, 3.8) is 0 Å². The lowest BCUT2D eigenvalue weighted by molar-refractivity contribution is -0.119. The number of carbonyl (C=O) groups excluding carboxylic acids is 2. The highest BCUT2D eigenvalue weighted by Gasteiger charge is 2.20. The minimum atomic E-state index is -0.183. The molecule has 1 aromatic carbocycles. The molecular formula is C11H11NO3. The first-order valence-electron chi connectivity index (χ1n) is 4.73. The number of anilines is 1. The molecule has 0 saturated carbocycles. The number of hydrogen-bond acceptors (Lipinski definition) is 3. The van der Waals surface area contributed by atoms with Gasteiger partial charge >= 0.3 is 0 Å². The molecule has 0 aromatic heterocycles. The molecule has 15 heavy (non-hydrogen) atoms. The van der Waals surface area contributed by atoms with E-state index in [1.807, 2.05) is 0 Å². The van der Waals surface area contributed by atoms with Crippen molar-refractivity contribution in [1.82, 2.24) is 0 Å². The van der Waals surface area contributed by atoms with E-state index in [1.54, 1.807) is 25.1 Å². The van der Waals surface area contributed by atoms with Crippen LogP contribution in [0.3, 0.4) is 0 Å². The third-order valence-corrected chi connectivity index (χ3v) is 2.33. The summed E-state index contributed by atoms with van der Waals surface area (Å²) in [5.41, 5.74) is 1.08. The van der Waals surface area contributed by atoms with Crippen LogP contribution in [-0.4, -0.2) is 18.8 Å². The lowest BCUT2D eigenvalue weighted by atomic mass is 10.2. The van der Waals surface area contributed by atoms with E-state index in [1.165, 1.54) is 0 Å². The monoisotopic (exact) mass is 205 g/mol. The van der Waals surface area contributed by atoms with Crippen LogP contribution in [-0.2, 0) is 4.79 Å². The summed E-state index contributed by atoms with van der Waals surface area (Å²) in [5, 5.41) is 2.72. The lowest BCUT2D eigenvalue weighted by Gasteiger charge is -2.06. The Labute approximate surface area is 87.2 Å². The quantitative estimate of drug-likeness (QED) is 0.706. The van der Waals surface area contributed by atoms with E-state index in [-0.39, 0.29) is 11.8 Å². The van der Waals surface area contributed by atoms with E-state index in [4.69, 9.17) is 4.74 Å². The van der Waals surface area contributed by atoms with Gasteiger partial charge in [-0.1, -0.05) is 6.92 Å². The predicted molar refractivity (Wildman–Crippen MR) is 55.1 cm³/mol. The summed E-state index contributed by atoms with van der Waals surface area (Å²) in [4.78, 5) is 22.1. The van der Waals surface area contributed by atoms with Gasteiger partial charge in [0.15, 0.2) is 0 Å². The zero-order valence-corrected chi connectivity index (χ0v) is 8.32. The zero-order chi connectivity index (χ0) is 10.8. The second kappa shape index (κ2) is 3.73. The van der Waals surface area contributed by atoms with Crippen molar-refractivity contribution in [3.8, 4) is 5.75 Å². The lowest BCUT2D eigenvalue weighted by Crippen LogP contribution is -2.22. The van der Waals surface area contributed by atoms with Crippen molar-refractivity contribution < 1.29 is 14.3 Å². The number of benzene rings is 1. The number of ether oxygens (including phenoxy) is 1. The molecule has 0 aliphatic carbocycles. The molecule has 0 radical (unpaired) electrons. The first-order chi connectivity index (χ1) is 7.20. The van der Waals surface area contributed by atoms with E-state index in [9.17, 15) is 9.59 Å². The molecule has 0 bridgehead atoms. The number of amides is 1. The summed E-state index contributed by atoms with van der Waals surface area (Å²) in [6.07, 6.45) is 0.737. The van der Waals surface area contributed by atoms with Gasteiger partial charge in [-0.2, -0.15) is 0 Å². The number of rotatable bonds is 1. The molecule has 1 aliphatic rings. The van der Waals surface area contributed by atoms with Crippen LogP contribution >= 0.6 is 0 Å². The van der Waals surface area contributed by atoms with Crippen LogP contribution in [0.2, 0.25) is 0 Å². The summed E-state index contributed by atoms with van der Waals surface area (Å²) in [6, 6.07) is 4.96. The summed E-state index contributed by atoms with van der Waals surface area (Å²) < 4.78 is 5.43. The third-order valence-electron chi connectivity index (χ3n) is 2.33. The molecule has 0 fully saturated rings. The Morgan fingerprint density at radius 1 is 1.53 bits per heavy atom. The molecule has 1 N–H and O–H groups in total. The van der Waals surface area contributed by atoms with Crippen molar-refractivity contribution >= 4 is 17.9 Å². The topological polar surface area (TPSA) is 55.4 Å². The molecule has 78 valence electrons. The third kappa shape index (κ3) is 1.83. The molecule has 1 amide bonds. The summed E-state index contributed by atoms with van der Waals surface area (Å²) in [6.45, 7) is 2.15. The maximum atomic E-state index is 11.5. The van der Waals surface area contributed by atoms with Gasteiger partial charge < -0.3 is 10.1 Å². The van der Waals surface area contributed by atoms with Gasteiger partial charge in [0.2, 0.25) is 5.91 Å². The number of hydrogen-bond donors (Lipinski definition) is 1. The summed E-state index contributed by atoms with van der Waals surface area (Å²) in [7, 11) is 0. The van der Waals surface area contributed by atoms with E-state index in [0.29, 0.717) is 23.6 Å². The molecule has 4 heteroatoms. The van der Waals surface area contributed by atoms with Gasteiger partial charge in [0.05, 0.1) is 18.2 Å². The zero-order valence-electron chi connectivity index (χ0n) is 8.32. The van der Waals surface area contributed by atoms with Crippen LogP contribution in [0.15, 0.2) is 18.2 Å². The van der Waals surface area contributed by atoms with Crippen molar-refractivity contribution in [3.05, 3.63) is 23.8 Å². The molecule has 1 unspecified atom stereocenters. The number of fused-ring (bicyclic) bond motifs is 1. The first kappa shape index (κ1) is 9.71. The Morgan fingerprint density at radius 3 is 3.07 bits per heavy atom. The highest BCUT2D eigenvalue weighted by molar-refractivity contribution is 5.95. The smallest absolute Gasteiger partial charge is 0.230 e. The predicted octanol–water partition coefficient (Wildman–Crippen LogP) is 1.47. The van der Waals surface area contributed by atoms with Gasteiger partial charge in [-0.25, -0.2) is 0 Å². The maximum absolute atomic E-state index is 11.5. The Morgan fingerprint density at radius 2 is 2.33 bits per heavy atom. The van der Waals surface area contributed by atoms with Crippen LogP contribution in [0.4, 0.5) is 5.69 Å². The van der Waals surface area contributed by atoms with Gasteiger partial charge in [-0.15, -0.1) is 0 Å². The molecule has 4 nitrogen and oxygen atoms in total. The Balaban J connectivity index is 2.39. The molecule has 2 rings (SSSR count). The van der Waals surface area contributed by atoms with E-state index in [2.05, 4.69) is 5.32 Å². The van der Waals surface area contributed by atoms with Crippen LogP contribution in [0, 0.1) is 5.92 Å². The largest absolute Gasteiger partial charge is 0.491 e. The molecular weight excluding hydrogens is 194 g/mol.